The summed E-state index contributed by atoms with van der Waals surface area (Å²) in [6.45, 7) is 5.84. The number of carbonyl (C=O) groups is 2. The molecule has 1 unspecified atom stereocenters. The zero-order valence-electron chi connectivity index (χ0n) is 25.0. The highest BCUT2D eigenvalue weighted by molar-refractivity contribution is 5.96. The standard InChI is InChI=1S/C35H39N3O5/c1-35(2,3)43-30(39)21-18-24-10-9-15-29(22-24)36-32(40)31(26-11-7-8-12-26)27-19-16-25(17-20-27)23-38-34(41)42-33(37-38)28-13-5-4-6-14-28/h4-6,9-10,13-17,19-20,22,26,31H,7-8,11-12,18,21,23H2,1-3H3,(H,36,40). The lowest BCUT2D eigenvalue weighted by atomic mass is 9.83. The number of carbonyl (C=O) groups excluding carboxylic acids is 2. The summed E-state index contributed by atoms with van der Waals surface area (Å²) in [6.07, 6.45) is 5.06. The minimum atomic E-state index is -0.514. The maximum absolute atomic E-state index is 13.7. The van der Waals surface area contributed by atoms with Crippen LogP contribution in [-0.4, -0.2) is 27.3 Å². The molecule has 1 aromatic heterocycles. The van der Waals surface area contributed by atoms with E-state index in [0.717, 1.165) is 47.9 Å². The number of hydrogen-bond acceptors (Lipinski definition) is 6. The van der Waals surface area contributed by atoms with Gasteiger partial charge in [0.25, 0.3) is 0 Å². The smallest absolute Gasteiger partial charge is 0.437 e. The second-order valence-corrected chi connectivity index (χ2v) is 12.2. The number of anilines is 1. The molecule has 1 aliphatic carbocycles. The van der Waals surface area contributed by atoms with E-state index in [0.29, 0.717) is 12.1 Å². The van der Waals surface area contributed by atoms with Crippen molar-refractivity contribution in [3.05, 3.63) is 106 Å². The molecule has 224 valence electrons. The van der Waals surface area contributed by atoms with Gasteiger partial charge in [0, 0.05) is 17.7 Å². The first-order valence-electron chi connectivity index (χ1n) is 15.0. The largest absolute Gasteiger partial charge is 0.460 e. The van der Waals surface area contributed by atoms with Crippen LogP contribution in [-0.2, 0) is 27.3 Å². The Balaban J connectivity index is 1.27. The maximum atomic E-state index is 13.7. The molecule has 1 N–H and O–H groups in total. The predicted molar refractivity (Wildman–Crippen MR) is 166 cm³/mol. The zero-order chi connectivity index (χ0) is 30.4. The molecule has 0 radical (unpaired) electrons. The average Bonchev–Trinajstić information content (AvgIpc) is 3.63. The Labute approximate surface area is 252 Å². The molecule has 1 atom stereocenters. The summed E-state index contributed by atoms with van der Waals surface area (Å²) < 4.78 is 12.1. The van der Waals surface area contributed by atoms with Gasteiger partial charge in [0.15, 0.2) is 0 Å². The number of ether oxygens (including phenoxy) is 1. The molecular formula is C35H39N3O5. The predicted octanol–water partition coefficient (Wildman–Crippen LogP) is 6.74. The van der Waals surface area contributed by atoms with Gasteiger partial charge in [-0.25, -0.2) is 4.79 Å². The molecule has 1 heterocycles. The van der Waals surface area contributed by atoms with Crippen LogP contribution in [0.5, 0.6) is 0 Å². The Kier molecular flexibility index (Phi) is 9.24. The van der Waals surface area contributed by atoms with Crippen molar-refractivity contribution in [2.24, 2.45) is 5.92 Å². The quantitative estimate of drug-likeness (QED) is 0.208. The highest BCUT2D eigenvalue weighted by Crippen LogP contribution is 2.38. The number of benzene rings is 3. The van der Waals surface area contributed by atoms with E-state index in [2.05, 4.69) is 10.4 Å². The zero-order valence-corrected chi connectivity index (χ0v) is 25.0. The first kappa shape index (κ1) is 30.0. The minimum absolute atomic E-state index is 0.0378. The third-order valence-corrected chi connectivity index (χ3v) is 7.68. The lowest BCUT2D eigenvalue weighted by molar-refractivity contribution is -0.154. The van der Waals surface area contributed by atoms with Gasteiger partial charge in [0.05, 0.1) is 12.5 Å². The Morgan fingerprint density at radius 3 is 2.40 bits per heavy atom. The summed E-state index contributed by atoms with van der Waals surface area (Å²) in [5, 5.41) is 7.50. The van der Waals surface area contributed by atoms with Crippen LogP contribution in [0.3, 0.4) is 0 Å². The number of hydrogen-bond donors (Lipinski definition) is 1. The van der Waals surface area contributed by atoms with E-state index in [9.17, 15) is 14.4 Å². The fraction of sp³-hybridized carbons (Fsp3) is 0.371. The number of nitrogens with one attached hydrogen (secondary N) is 1. The van der Waals surface area contributed by atoms with Crippen molar-refractivity contribution >= 4 is 17.6 Å². The fourth-order valence-corrected chi connectivity index (χ4v) is 5.70. The highest BCUT2D eigenvalue weighted by atomic mass is 16.6. The van der Waals surface area contributed by atoms with Crippen molar-refractivity contribution in [1.29, 1.82) is 0 Å². The van der Waals surface area contributed by atoms with E-state index in [1.807, 2.05) is 99.6 Å². The van der Waals surface area contributed by atoms with Crippen molar-refractivity contribution in [3.8, 4) is 11.5 Å². The van der Waals surface area contributed by atoms with Crippen LogP contribution in [0.25, 0.3) is 11.5 Å². The molecule has 0 aliphatic heterocycles. The fourth-order valence-electron chi connectivity index (χ4n) is 5.70. The molecule has 4 aromatic rings. The minimum Gasteiger partial charge on any atom is -0.460 e. The molecule has 1 fully saturated rings. The highest BCUT2D eigenvalue weighted by Gasteiger charge is 2.32. The molecule has 8 heteroatoms. The van der Waals surface area contributed by atoms with Crippen LogP contribution in [0.2, 0.25) is 0 Å². The molecule has 8 nitrogen and oxygen atoms in total. The van der Waals surface area contributed by atoms with Crippen LogP contribution < -0.4 is 11.1 Å². The van der Waals surface area contributed by atoms with Gasteiger partial charge in [-0.05, 0) is 86.9 Å². The van der Waals surface area contributed by atoms with E-state index in [1.54, 1.807) is 0 Å². The summed E-state index contributed by atoms with van der Waals surface area (Å²) in [4.78, 5) is 38.4. The van der Waals surface area contributed by atoms with E-state index in [1.165, 1.54) is 4.68 Å². The summed E-state index contributed by atoms with van der Waals surface area (Å²) in [6, 6.07) is 24.8. The van der Waals surface area contributed by atoms with Crippen LogP contribution >= 0.6 is 0 Å². The number of aromatic nitrogens is 2. The SMILES string of the molecule is CC(C)(C)OC(=O)CCc1cccc(NC(=O)C(c2ccc(Cn3nc(-c4ccccc4)oc3=O)cc2)C2CCCC2)c1. The van der Waals surface area contributed by atoms with Gasteiger partial charge >= 0.3 is 11.7 Å². The van der Waals surface area contributed by atoms with Crippen molar-refractivity contribution < 1.29 is 18.7 Å². The van der Waals surface area contributed by atoms with Crippen molar-refractivity contribution in [1.82, 2.24) is 9.78 Å². The van der Waals surface area contributed by atoms with Gasteiger partial charge in [-0.3, -0.25) is 9.59 Å². The Bertz CT molecular complexity index is 1590. The molecule has 5 rings (SSSR count). The Morgan fingerprint density at radius 2 is 1.70 bits per heavy atom. The molecule has 1 amide bonds. The normalized spacial score (nSPS) is 14.4. The Morgan fingerprint density at radius 1 is 0.977 bits per heavy atom. The molecule has 43 heavy (non-hydrogen) atoms. The van der Waals surface area contributed by atoms with Crippen LogP contribution in [0.15, 0.2) is 88.1 Å². The van der Waals surface area contributed by atoms with Gasteiger partial charge in [-0.2, -0.15) is 4.68 Å². The molecule has 0 spiro atoms. The second-order valence-electron chi connectivity index (χ2n) is 12.2. The number of esters is 1. The van der Waals surface area contributed by atoms with Crippen molar-refractivity contribution in [2.45, 2.75) is 77.4 Å². The number of aryl methyl sites for hydroxylation is 1. The topological polar surface area (TPSA) is 103 Å². The number of amides is 1. The molecule has 3 aromatic carbocycles. The first-order chi connectivity index (χ1) is 20.6. The molecular weight excluding hydrogens is 542 g/mol. The first-order valence-corrected chi connectivity index (χ1v) is 15.0. The molecule has 0 bridgehead atoms. The van der Waals surface area contributed by atoms with E-state index >= 15 is 0 Å². The number of rotatable bonds is 10. The second kappa shape index (κ2) is 13.2. The van der Waals surface area contributed by atoms with Crippen molar-refractivity contribution in [3.63, 3.8) is 0 Å². The van der Waals surface area contributed by atoms with Gasteiger partial charge in [0.2, 0.25) is 11.8 Å². The van der Waals surface area contributed by atoms with Gasteiger partial charge in [-0.1, -0.05) is 67.4 Å². The summed E-state index contributed by atoms with van der Waals surface area (Å²) >= 11 is 0. The lowest BCUT2D eigenvalue weighted by Gasteiger charge is -2.24. The van der Waals surface area contributed by atoms with Gasteiger partial charge in [0.1, 0.15) is 5.60 Å². The molecule has 1 saturated carbocycles. The van der Waals surface area contributed by atoms with Gasteiger partial charge < -0.3 is 14.5 Å². The summed E-state index contributed by atoms with van der Waals surface area (Å²) in [7, 11) is 0. The maximum Gasteiger partial charge on any atom is 0.437 e. The van der Waals surface area contributed by atoms with Gasteiger partial charge in [-0.15, -0.1) is 5.10 Å². The van der Waals surface area contributed by atoms with E-state index in [4.69, 9.17) is 9.15 Å². The summed E-state index contributed by atoms with van der Waals surface area (Å²) in [5.41, 5.74) is 3.75. The molecule has 0 saturated heterocycles. The molecule has 1 aliphatic rings. The summed E-state index contributed by atoms with van der Waals surface area (Å²) in [5.74, 6) is -0.538. The average molecular weight is 582 g/mol. The van der Waals surface area contributed by atoms with E-state index in [-0.39, 0.29) is 42.6 Å². The van der Waals surface area contributed by atoms with Crippen LogP contribution in [0, 0.1) is 5.92 Å². The number of nitrogens with zero attached hydrogens (tertiary/aromatic N) is 2. The third-order valence-electron chi connectivity index (χ3n) is 7.68. The van der Waals surface area contributed by atoms with Crippen LogP contribution in [0.1, 0.15) is 75.5 Å². The van der Waals surface area contributed by atoms with Crippen LogP contribution in [0.4, 0.5) is 5.69 Å². The monoisotopic (exact) mass is 581 g/mol. The third kappa shape index (κ3) is 8.09. The lowest BCUT2D eigenvalue weighted by Crippen LogP contribution is -2.26. The Hall–Kier alpha value is -4.46. The van der Waals surface area contributed by atoms with Crippen molar-refractivity contribution in [2.75, 3.05) is 5.32 Å². The van der Waals surface area contributed by atoms with E-state index < -0.39 is 11.4 Å².